The van der Waals surface area contributed by atoms with Crippen molar-refractivity contribution in [1.82, 2.24) is 10.2 Å². The summed E-state index contributed by atoms with van der Waals surface area (Å²) < 4.78 is 64.6. The van der Waals surface area contributed by atoms with Gasteiger partial charge >= 0.3 is 6.18 Å². The van der Waals surface area contributed by atoms with E-state index in [0.29, 0.717) is 17.7 Å². The fraction of sp³-hybridized carbons (Fsp3) is 0.188. The maximum Gasteiger partial charge on any atom is 0.416 e. The molecule has 10 heteroatoms. The van der Waals surface area contributed by atoms with Crippen LogP contribution in [-0.2, 0) is 16.2 Å². The van der Waals surface area contributed by atoms with Crippen molar-refractivity contribution >= 4 is 15.9 Å². The Kier molecular flexibility index (Phi) is 5.69. The second kappa shape index (κ2) is 7.44. The summed E-state index contributed by atoms with van der Waals surface area (Å²) in [4.78, 5) is 11.0. The van der Waals surface area contributed by atoms with Crippen LogP contribution in [0.5, 0.6) is 0 Å². The Morgan fingerprint density at radius 2 is 1.58 bits per heavy atom. The van der Waals surface area contributed by atoms with Crippen molar-refractivity contribution in [2.45, 2.75) is 24.0 Å². The first kappa shape index (κ1) is 19.9. The third kappa shape index (κ3) is 4.59. The van der Waals surface area contributed by atoms with Gasteiger partial charge in [-0.15, -0.1) is 0 Å². The van der Waals surface area contributed by atoms with Gasteiger partial charge in [-0.2, -0.15) is 13.2 Å². The highest BCUT2D eigenvalue weighted by Crippen LogP contribution is 2.30. The predicted octanol–water partition coefficient (Wildman–Crippen LogP) is 2.86. The van der Waals surface area contributed by atoms with Crippen LogP contribution in [-0.4, -0.2) is 19.5 Å². The van der Waals surface area contributed by atoms with Gasteiger partial charge in [0.25, 0.3) is 5.91 Å². The van der Waals surface area contributed by atoms with Gasteiger partial charge in [-0.25, -0.2) is 18.6 Å². The Bertz CT molecular complexity index is 879. The zero-order valence-electron chi connectivity index (χ0n) is 13.4. The van der Waals surface area contributed by atoms with Crippen LogP contribution in [0.1, 0.15) is 34.5 Å². The van der Waals surface area contributed by atoms with Gasteiger partial charge in [0.15, 0.2) is 0 Å². The van der Waals surface area contributed by atoms with Crippen molar-refractivity contribution in [3.8, 4) is 0 Å². The molecule has 6 nitrogen and oxygen atoms in total. The van der Waals surface area contributed by atoms with Gasteiger partial charge in [-0.05, 0) is 48.9 Å². The molecule has 0 aliphatic heterocycles. The summed E-state index contributed by atoms with van der Waals surface area (Å²) in [5, 5.41) is 8.55. The number of hydrogen-bond acceptors (Lipinski definition) is 4. The zero-order valence-corrected chi connectivity index (χ0v) is 14.2. The largest absolute Gasteiger partial charge is 0.416 e. The van der Waals surface area contributed by atoms with Crippen LogP contribution in [0, 0.1) is 0 Å². The fourth-order valence-electron chi connectivity index (χ4n) is 2.18. The summed E-state index contributed by atoms with van der Waals surface area (Å²) in [5.41, 5.74) is 1.23. The number of nitrogens with one attached hydrogen (secondary N) is 2. The van der Waals surface area contributed by atoms with Gasteiger partial charge in [0.2, 0.25) is 10.0 Å². The monoisotopic (exact) mass is 388 g/mol. The van der Waals surface area contributed by atoms with Crippen LogP contribution < -0.4 is 10.2 Å². The Hall–Kier alpha value is -2.43. The van der Waals surface area contributed by atoms with Gasteiger partial charge in [0.1, 0.15) is 0 Å². The lowest BCUT2D eigenvalue weighted by atomic mass is 10.1. The lowest BCUT2D eigenvalue weighted by Gasteiger charge is -2.15. The summed E-state index contributed by atoms with van der Waals surface area (Å²) in [6.07, 6.45) is -4.55. The Morgan fingerprint density at radius 1 is 1.04 bits per heavy atom. The van der Waals surface area contributed by atoms with E-state index in [4.69, 9.17) is 5.21 Å². The molecule has 0 aliphatic carbocycles. The van der Waals surface area contributed by atoms with E-state index in [0.717, 1.165) is 12.1 Å². The summed E-state index contributed by atoms with van der Waals surface area (Å²) in [6, 6.07) is 8.22. The average Bonchev–Trinajstić information content (AvgIpc) is 2.60. The summed E-state index contributed by atoms with van der Waals surface area (Å²) in [6.45, 7) is 1.54. The van der Waals surface area contributed by atoms with E-state index in [-0.39, 0.29) is 10.5 Å². The molecule has 1 atom stereocenters. The number of sulfonamides is 1. The van der Waals surface area contributed by atoms with Crippen LogP contribution in [0.2, 0.25) is 0 Å². The first-order valence-electron chi connectivity index (χ1n) is 7.28. The number of carbonyl (C=O) groups excluding carboxylic acids is 1. The number of carbonyl (C=O) groups is 1. The van der Waals surface area contributed by atoms with Crippen LogP contribution in [0.25, 0.3) is 0 Å². The molecule has 140 valence electrons. The van der Waals surface area contributed by atoms with Gasteiger partial charge in [0.05, 0.1) is 10.5 Å². The molecule has 0 aromatic heterocycles. The Labute approximate surface area is 147 Å². The van der Waals surface area contributed by atoms with Crippen molar-refractivity contribution in [3.05, 3.63) is 65.2 Å². The molecular weight excluding hydrogens is 373 g/mol. The summed E-state index contributed by atoms with van der Waals surface area (Å²) >= 11 is 0. The minimum atomic E-state index is -4.55. The Balaban J connectivity index is 2.16. The highest BCUT2D eigenvalue weighted by Gasteiger charge is 2.30. The highest BCUT2D eigenvalue weighted by atomic mass is 32.2. The number of hydrogen-bond donors (Lipinski definition) is 3. The topological polar surface area (TPSA) is 95.5 Å². The van der Waals surface area contributed by atoms with Crippen molar-refractivity contribution in [1.29, 1.82) is 0 Å². The van der Waals surface area contributed by atoms with Crippen molar-refractivity contribution < 1.29 is 31.6 Å². The highest BCUT2D eigenvalue weighted by molar-refractivity contribution is 7.89. The molecule has 0 radical (unpaired) electrons. The molecule has 2 aromatic rings. The number of halogens is 3. The van der Waals surface area contributed by atoms with Crippen LogP contribution in [0.4, 0.5) is 13.2 Å². The van der Waals surface area contributed by atoms with Crippen LogP contribution in [0.3, 0.4) is 0 Å². The van der Waals surface area contributed by atoms with Crippen LogP contribution in [0.15, 0.2) is 53.4 Å². The molecule has 0 bridgehead atoms. The standard InChI is InChI=1S/C16H15F3N2O4S/c1-10(11-2-4-12(5-3-11)15(22)20-23)21-26(24,25)14-8-6-13(7-9-14)16(17,18)19/h2-10,21,23H,1H3,(H,20,22). The van der Waals surface area contributed by atoms with E-state index in [1.165, 1.54) is 29.7 Å². The lowest BCUT2D eigenvalue weighted by molar-refractivity contribution is -0.137. The van der Waals surface area contributed by atoms with Gasteiger partial charge in [0, 0.05) is 11.6 Å². The molecule has 0 fully saturated rings. The molecule has 0 heterocycles. The Morgan fingerprint density at radius 3 is 2.04 bits per heavy atom. The predicted molar refractivity (Wildman–Crippen MR) is 85.9 cm³/mol. The average molecular weight is 388 g/mol. The van der Waals surface area contributed by atoms with E-state index in [1.807, 2.05) is 0 Å². The maximum atomic E-state index is 12.6. The van der Waals surface area contributed by atoms with Gasteiger partial charge in [-0.3, -0.25) is 10.0 Å². The quantitative estimate of drug-likeness (QED) is 0.542. The minimum absolute atomic E-state index is 0.175. The van der Waals surface area contributed by atoms with E-state index < -0.39 is 33.7 Å². The van der Waals surface area contributed by atoms with E-state index in [2.05, 4.69) is 4.72 Å². The molecule has 1 unspecified atom stereocenters. The summed E-state index contributed by atoms with van der Waals surface area (Å²) in [5.74, 6) is -0.713. The first-order valence-corrected chi connectivity index (χ1v) is 8.77. The van der Waals surface area contributed by atoms with Crippen molar-refractivity contribution in [2.75, 3.05) is 0 Å². The molecular formula is C16H15F3N2O4S. The SMILES string of the molecule is CC(NS(=O)(=O)c1ccc(C(F)(F)F)cc1)c1ccc(C(=O)NO)cc1. The molecule has 0 saturated carbocycles. The molecule has 0 aliphatic rings. The number of amides is 1. The first-order chi connectivity index (χ1) is 12.0. The number of benzene rings is 2. The van der Waals surface area contributed by atoms with Gasteiger partial charge in [-0.1, -0.05) is 12.1 Å². The smallest absolute Gasteiger partial charge is 0.288 e. The summed E-state index contributed by atoms with van der Waals surface area (Å²) in [7, 11) is -4.04. The minimum Gasteiger partial charge on any atom is -0.288 e. The number of alkyl halides is 3. The van der Waals surface area contributed by atoms with E-state index >= 15 is 0 Å². The lowest BCUT2D eigenvalue weighted by Crippen LogP contribution is -2.27. The normalized spacial score (nSPS) is 13.3. The van der Waals surface area contributed by atoms with Crippen molar-refractivity contribution in [3.63, 3.8) is 0 Å². The molecule has 2 rings (SSSR count). The molecule has 0 spiro atoms. The van der Waals surface area contributed by atoms with E-state index in [9.17, 15) is 26.4 Å². The number of hydroxylamine groups is 1. The molecule has 2 aromatic carbocycles. The van der Waals surface area contributed by atoms with Crippen molar-refractivity contribution in [2.24, 2.45) is 0 Å². The fourth-order valence-corrected chi connectivity index (χ4v) is 3.41. The zero-order chi connectivity index (χ0) is 19.5. The maximum absolute atomic E-state index is 12.6. The molecule has 0 saturated heterocycles. The second-order valence-corrected chi connectivity index (χ2v) is 7.14. The molecule has 3 N–H and O–H groups in total. The third-order valence-corrected chi connectivity index (χ3v) is 5.15. The van der Waals surface area contributed by atoms with Crippen LogP contribution >= 0.6 is 0 Å². The number of rotatable bonds is 5. The third-order valence-electron chi connectivity index (χ3n) is 3.60. The van der Waals surface area contributed by atoms with Gasteiger partial charge < -0.3 is 0 Å². The molecule has 1 amide bonds. The molecule has 26 heavy (non-hydrogen) atoms. The van der Waals surface area contributed by atoms with E-state index in [1.54, 1.807) is 6.92 Å². The second-order valence-electron chi connectivity index (χ2n) is 5.43.